The van der Waals surface area contributed by atoms with Crippen LogP contribution < -0.4 is 41.3 Å². The lowest BCUT2D eigenvalue weighted by Crippen LogP contribution is -2.43. The summed E-state index contributed by atoms with van der Waals surface area (Å²) in [5.74, 6) is -4.39. The van der Waals surface area contributed by atoms with E-state index in [9.17, 15) is 19.2 Å². The molecule has 2 atom stereocenters. The van der Waals surface area contributed by atoms with Crippen molar-refractivity contribution in [3.05, 3.63) is 193 Å². The van der Waals surface area contributed by atoms with Gasteiger partial charge in [0.1, 0.15) is 11.5 Å². The predicted octanol–water partition coefficient (Wildman–Crippen LogP) is 9.30. The lowest BCUT2D eigenvalue weighted by atomic mass is 9.88. The maximum absolute atomic E-state index is 16.8. The van der Waals surface area contributed by atoms with Gasteiger partial charge in [0.05, 0.1) is 11.1 Å². The molecule has 0 radical (unpaired) electrons. The fourth-order valence-corrected chi connectivity index (χ4v) is 14.0. The second-order valence-electron chi connectivity index (χ2n) is 18.6. The van der Waals surface area contributed by atoms with E-state index in [4.69, 9.17) is 18.9 Å². The number of carbonyl (C=O) groups excluding carboxylic acids is 4. The summed E-state index contributed by atoms with van der Waals surface area (Å²) >= 11 is 0. The van der Waals surface area contributed by atoms with Gasteiger partial charge in [-0.3, -0.25) is 0 Å². The van der Waals surface area contributed by atoms with E-state index in [0.29, 0.717) is 21.2 Å². The van der Waals surface area contributed by atoms with Crippen molar-refractivity contribution >= 4 is 70.0 Å². The number of carbonyl (C=O) groups is 4. The van der Waals surface area contributed by atoms with Crippen molar-refractivity contribution in [2.24, 2.45) is 10.8 Å². The Hall–Kier alpha value is -7.12. The first-order valence-electron chi connectivity index (χ1n) is 22.1. The first-order valence-corrected chi connectivity index (χ1v) is 25.5. The fourth-order valence-electron chi connectivity index (χ4n) is 8.30. The quantitative estimate of drug-likeness (QED) is 0.0901. The summed E-state index contributed by atoms with van der Waals surface area (Å²) in [4.78, 5) is 58.4. The Morgan fingerprint density at radius 2 is 0.647 bits per heavy atom. The second kappa shape index (κ2) is 18.9. The topological polar surface area (TPSA) is 139 Å². The fraction of sp³-hybridized carbons (Fsp3) is 0.179. The predicted molar refractivity (Wildman–Crippen MR) is 266 cm³/mol. The van der Waals surface area contributed by atoms with Crippen LogP contribution in [0.2, 0.25) is 0 Å². The molecule has 0 unspecified atom stereocenters. The van der Waals surface area contributed by atoms with Crippen LogP contribution in [0.4, 0.5) is 0 Å². The molecule has 0 amide bonds. The van der Waals surface area contributed by atoms with Gasteiger partial charge in [0.25, 0.3) is 0 Å². The number of ether oxygens (including phenoxy) is 4. The highest BCUT2D eigenvalue weighted by atomic mass is 31.2. The van der Waals surface area contributed by atoms with Gasteiger partial charge in [-0.15, -0.1) is 0 Å². The third-order valence-corrected chi connectivity index (χ3v) is 17.9. The van der Waals surface area contributed by atoms with Crippen LogP contribution in [0.3, 0.4) is 0 Å². The Bertz CT molecular complexity index is 2820. The molecular formula is C56H50O10P2. The van der Waals surface area contributed by atoms with Gasteiger partial charge in [-0.1, -0.05) is 187 Å². The van der Waals surface area contributed by atoms with Gasteiger partial charge in [-0.05, 0) is 36.4 Å². The van der Waals surface area contributed by atoms with Crippen molar-refractivity contribution < 1.29 is 47.3 Å². The van der Waals surface area contributed by atoms with Crippen molar-refractivity contribution in [1.29, 1.82) is 0 Å². The Kier molecular flexibility index (Phi) is 13.1. The van der Waals surface area contributed by atoms with Crippen LogP contribution in [0.15, 0.2) is 182 Å². The molecular weight excluding hydrogens is 895 g/mol. The molecule has 1 aliphatic rings. The van der Waals surface area contributed by atoms with Crippen molar-refractivity contribution in [3.63, 3.8) is 0 Å². The van der Waals surface area contributed by atoms with E-state index in [1.165, 1.54) is 36.4 Å². The summed E-state index contributed by atoms with van der Waals surface area (Å²) < 4.78 is 58.5. The van der Waals surface area contributed by atoms with Crippen LogP contribution in [0.25, 0.3) is 11.1 Å². The third kappa shape index (κ3) is 9.02. The molecule has 0 aliphatic carbocycles. The molecule has 1 heterocycles. The SMILES string of the molecule is CC(C)(C)[C@H]1OC(=O)c2ccccc2C(=O)O[C@H](C(C)(C)C)C(=O)Oc2cccc(P(=O)(c3ccccc3)c3ccccc3)c2-c2c(cccc2P(=O)(c2ccccc2)c2ccccc2)OC1=O. The summed E-state index contributed by atoms with van der Waals surface area (Å²) in [7, 11) is -8.13. The van der Waals surface area contributed by atoms with Crippen LogP contribution in [-0.2, 0) is 28.2 Å². The van der Waals surface area contributed by atoms with Crippen LogP contribution in [0.1, 0.15) is 62.3 Å². The minimum Gasteiger partial charge on any atom is -0.446 e. The molecule has 10 nitrogen and oxygen atoms in total. The summed E-state index contributed by atoms with van der Waals surface area (Å²) in [6.45, 7) is 10.2. The molecule has 0 fully saturated rings. The molecule has 0 saturated heterocycles. The number of esters is 4. The van der Waals surface area contributed by atoms with Gasteiger partial charge in [0.2, 0.25) is 12.2 Å². The maximum Gasteiger partial charge on any atom is 0.353 e. The molecule has 7 aromatic rings. The summed E-state index contributed by atoms with van der Waals surface area (Å²) in [6.07, 6.45) is -3.18. The van der Waals surface area contributed by atoms with Crippen molar-refractivity contribution in [2.45, 2.75) is 53.8 Å². The minimum absolute atomic E-state index is 0.0168. The van der Waals surface area contributed by atoms with E-state index in [1.807, 2.05) is 0 Å². The highest BCUT2D eigenvalue weighted by molar-refractivity contribution is 7.86. The third-order valence-electron chi connectivity index (χ3n) is 11.7. The van der Waals surface area contributed by atoms with E-state index in [2.05, 4.69) is 0 Å². The molecule has 0 bridgehead atoms. The minimum atomic E-state index is -4.07. The average molecular weight is 945 g/mol. The molecule has 68 heavy (non-hydrogen) atoms. The standard InChI is InChI=1S/C56H50O10P2/c1-55(2,3)49-53(59)63-43-33-21-35-45(67(61,37-23-11-7-12-24-37)38-25-13-8-14-26-38)47(43)48-44(34-22-36-46(48)68(62,39-27-15-9-16-28-39)40-29-17-10-18-30-40)64-54(60)50(56(4,5)6)66-52(58)42-32-20-19-31-41(42)51(57)65-49/h7-36,49-50H,1-6H3/t49-,50-/m0/s1. The summed E-state index contributed by atoms with van der Waals surface area (Å²) in [6, 6.07) is 50.7. The smallest absolute Gasteiger partial charge is 0.353 e. The van der Waals surface area contributed by atoms with E-state index < -0.39 is 61.2 Å². The maximum atomic E-state index is 16.8. The molecule has 1 aliphatic heterocycles. The average Bonchev–Trinajstić information content (AvgIpc) is 3.34. The van der Waals surface area contributed by atoms with Crippen LogP contribution in [0.5, 0.6) is 11.5 Å². The second-order valence-corrected chi connectivity index (χ2v) is 24.0. The molecule has 7 aromatic carbocycles. The van der Waals surface area contributed by atoms with Crippen molar-refractivity contribution in [1.82, 2.24) is 0 Å². The number of cyclic esters (lactones) is 2. The number of fused-ring (bicyclic) bond motifs is 4. The molecule has 8 rings (SSSR count). The Balaban J connectivity index is 1.54. The highest BCUT2D eigenvalue weighted by Crippen LogP contribution is 2.53. The first kappa shape index (κ1) is 47.4. The number of benzene rings is 7. The zero-order chi connectivity index (χ0) is 48.4. The monoisotopic (exact) mass is 944 g/mol. The Labute approximate surface area is 396 Å². The molecule has 0 aromatic heterocycles. The normalized spacial score (nSPS) is 16.2. The largest absolute Gasteiger partial charge is 0.446 e. The van der Waals surface area contributed by atoms with Gasteiger partial charge < -0.3 is 28.1 Å². The summed E-state index contributed by atoms with van der Waals surface area (Å²) in [5, 5.41) is 1.98. The van der Waals surface area contributed by atoms with Gasteiger partial charge in [0, 0.05) is 53.8 Å². The molecule has 344 valence electrons. The van der Waals surface area contributed by atoms with E-state index in [1.54, 1.807) is 187 Å². The van der Waals surface area contributed by atoms with E-state index >= 15 is 9.13 Å². The van der Waals surface area contributed by atoms with Crippen LogP contribution >= 0.6 is 14.3 Å². The Morgan fingerprint density at radius 1 is 0.368 bits per heavy atom. The summed E-state index contributed by atoms with van der Waals surface area (Å²) in [5.41, 5.74) is -2.59. The zero-order valence-electron chi connectivity index (χ0n) is 38.5. The van der Waals surface area contributed by atoms with E-state index in [-0.39, 0.29) is 44.4 Å². The number of rotatable bonds is 6. The van der Waals surface area contributed by atoms with E-state index in [0.717, 1.165) is 0 Å². The zero-order valence-corrected chi connectivity index (χ0v) is 40.2. The molecule has 0 N–H and O–H groups in total. The van der Waals surface area contributed by atoms with Gasteiger partial charge in [0.15, 0.2) is 14.3 Å². The number of hydrogen-bond acceptors (Lipinski definition) is 10. The van der Waals surface area contributed by atoms with Gasteiger partial charge in [-0.25, -0.2) is 19.2 Å². The van der Waals surface area contributed by atoms with Crippen molar-refractivity contribution in [3.8, 4) is 22.6 Å². The molecule has 12 heteroatoms. The number of hydrogen-bond donors (Lipinski definition) is 0. The van der Waals surface area contributed by atoms with Crippen LogP contribution in [0, 0.1) is 10.8 Å². The first-order chi connectivity index (χ1) is 32.4. The van der Waals surface area contributed by atoms with Crippen LogP contribution in [-0.4, -0.2) is 36.1 Å². The molecule has 0 spiro atoms. The lowest BCUT2D eigenvalue weighted by molar-refractivity contribution is -0.151. The highest BCUT2D eigenvalue weighted by Gasteiger charge is 2.44. The lowest BCUT2D eigenvalue weighted by Gasteiger charge is -2.32. The van der Waals surface area contributed by atoms with Gasteiger partial charge in [-0.2, -0.15) is 0 Å². The van der Waals surface area contributed by atoms with Gasteiger partial charge >= 0.3 is 23.9 Å². The van der Waals surface area contributed by atoms with Crippen molar-refractivity contribution in [2.75, 3.05) is 0 Å². The Morgan fingerprint density at radius 3 is 0.926 bits per heavy atom. The molecule has 0 saturated carbocycles.